The smallest absolute Gasteiger partial charge is 0.325 e. The first-order chi connectivity index (χ1) is 8.36. The molecule has 0 heterocycles. The van der Waals surface area contributed by atoms with Gasteiger partial charge in [-0.3, -0.25) is 10.1 Å². The number of benzene rings is 1. The Morgan fingerprint density at radius 1 is 1.28 bits per heavy atom. The summed E-state index contributed by atoms with van der Waals surface area (Å²) in [6.45, 7) is 10.0. The number of carbonyl (C=O) groups is 1. The largest absolute Gasteiger partial charge is 0.480 e. The molecule has 0 aliphatic heterocycles. The van der Waals surface area contributed by atoms with Crippen LogP contribution in [-0.2, 0) is 4.79 Å². The molecule has 0 aliphatic carbocycles. The zero-order valence-corrected chi connectivity index (χ0v) is 11.9. The Balaban J connectivity index is 3.18. The number of hydrogen-bond acceptors (Lipinski definition) is 2. The molecule has 0 spiro atoms. The van der Waals surface area contributed by atoms with Gasteiger partial charge in [0.25, 0.3) is 0 Å². The molecule has 0 aromatic heterocycles. The van der Waals surface area contributed by atoms with Gasteiger partial charge in [0.05, 0.1) is 0 Å². The second-order valence-electron chi connectivity index (χ2n) is 5.06. The molecule has 18 heavy (non-hydrogen) atoms. The van der Waals surface area contributed by atoms with E-state index in [-0.39, 0.29) is 6.04 Å². The van der Waals surface area contributed by atoms with Crippen LogP contribution in [0.5, 0.6) is 0 Å². The molecule has 0 bridgehead atoms. The lowest BCUT2D eigenvalue weighted by atomic mass is 9.93. The van der Waals surface area contributed by atoms with Crippen LogP contribution in [0.15, 0.2) is 12.1 Å². The number of hydrogen-bond donors (Lipinski definition) is 2. The van der Waals surface area contributed by atoms with Gasteiger partial charge in [-0.05, 0) is 50.8 Å². The van der Waals surface area contributed by atoms with E-state index in [0.717, 1.165) is 23.1 Å². The van der Waals surface area contributed by atoms with Crippen LogP contribution in [0.25, 0.3) is 0 Å². The van der Waals surface area contributed by atoms with E-state index in [1.54, 1.807) is 0 Å². The van der Waals surface area contributed by atoms with Crippen molar-refractivity contribution in [3.63, 3.8) is 0 Å². The summed E-state index contributed by atoms with van der Waals surface area (Å²) >= 11 is 0. The molecule has 0 amide bonds. The Morgan fingerprint density at radius 3 is 2.17 bits per heavy atom. The van der Waals surface area contributed by atoms with Gasteiger partial charge in [0.2, 0.25) is 0 Å². The van der Waals surface area contributed by atoms with Crippen molar-refractivity contribution in [1.29, 1.82) is 0 Å². The van der Waals surface area contributed by atoms with Crippen molar-refractivity contribution in [2.24, 2.45) is 0 Å². The summed E-state index contributed by atoms with van der Waals surface area (Å²) in [5, 5.41) is 12.6. The highest BCUT2D eigenvalue weighted by molar-refractivity contribution is 5.77. The van der Waals surface area contributed by atoms with Gasteiger partial charge >= 0.3 is 5.97 Å². The van der Waals surface area contributed by atoms with Gasteiger partial charge in [-0.25, -0.2) is 0 Å². The number of carboxylic acid groups (broad SMARTS) is 1. The molecule has 1 rings (SSSR count). The minimum Gasteiger partial charge on any atom is -0.480 e. The average Bonchev–Trinajstić information content (AvgIpc) is 2.25. The first-order valence-electron chi connectivity index (χ1n) is 6.43. The SMILES string of the molecule is CCC(C)NC(C(=O)O)c1c(C)cc(C)cc1C. The fourth-order valence-electron chi connectivity index (χ4n) is 2.33. The number of rotatable bonds is 5. The minimum absolute atomic E-state index is 0.186. The van der Waals surface area contributed by atoms with E-state index in [0.29, 0.717) is 0 Å². The first-order valence-corrected chi connectivity index (χ1v) is 6.43. The van der Waals surface area contributed by atoms with Crippen LogP contribution in [0.3, 0.4) is 0 Å². The second-order valence-corrected chi connectivity index (χ2v) is 5.06. The average molecular weight is 249 g/mol. The highest BCUT2D eigenvalue weighted by atomic mass is 16.4. The number of nitrogens with one attached hydrogen (secondary N) is 1. The lowest BCUT2D eigenvalue weighted by Gasteiger charge is -2.23. The third-order valence-corrected chi connectivity index (χ3v) is 3.34. The molecule has 2 N–H and O–H groups in total. The highest BCUT2D eigenvalue weighted by Gasteiger charge is 2.24. The molecule has 1 aromatic rings. The summed E-state index contributed by atoms with van der Waals surface area (Å²) in [6, 6.07) is 3.64. The van der Waals surface area contributed by atoms with E-state index in [2.05, 4.69) is 5.32 Å². The molecule has 3 heteroatoms. The van der Waals surface area contributed by atoms with Crippen LogP contribution >= 0.6 is 0 Å². The second kappa shape index (κ2) is 6.01. The van der Waals surface area contributed by atoms with Crippen LogP contribution in [0.2, 0.25) is 0 Å². The van der Waals surface area contributed by atoms with Gasteiger partial charge in [-0.15, -0.1) is 0 Å². The summed E-state index contributed by atoms with van der Waals surface area (Å²) < 4.78 is 0. The maximum Gasteiger partial charge on any atom is 0.325 e. The molecule has 100 valence electrons. The van der Waals surface area contributed by atoms with E-state index >= 15 is 0 Å². The van der Waals surface area contributed by atoms with Gasteiger partial charge in [0.15, 0.2) is 0 Å². The Hall–Kier alpha value is -1.35. The highest BCUT2D eigenvalue weighted by Crippen LogP contribution is 2.24. The van der Waals surface area contributed by atoms with Crippen molar-refractivity contribution >= 4 is 5.97 Å². The Bertz CT molecular complexity index is 417. The van der Waals surface area contributed by atoms with Crippen molar-refractivity contribution in [2.75, 3.05) is 0 Å². The zero-order valence-electron chi connectivity index (χ0n) is 11.9. The quantitative estimate of drug-likeness (QED) is 0.843. The van der Waals surface area contributed by atoms with E-state index in [1.165, 1.54) is 5.56 Å². The Morgan fingerprint density at radius 2 is 1.78 bits per heavy atom. The lowest BCUT2D eigenvalue weighted by Crippen LogP contribution is -2.35. The summed E-state index contributed by atoms with van der Waals surface area (Å²) in [7, 11) is 0. The van der Waals surface area contributed by atoms with Crippen molar-refractivity contribution in [1.82, 2.24) is 5.32 Å². The van der Waals surface area contributed by atoms with Crippen LogP contribution in [0, 0.1) is 20.8 Å². The fourth-order valence-corrected chi connectivity index (χ4v) is 2.33. The molecule has 3 nitrogen and oxygen atoms in total. The van der Waals surface area contributed by atoms with Crippen LogP contribution < -0.4 is 5.32 Å². The minimum atomic E-state index is -0.814. The summed E-state index contributed by atoms with van der Waals surface area (Å²) in [4.78, 5) is 11.5. The summed E-state index contributed by atoms with van der Waals surface area (Å²) in [5.74, 6) is -0.814. The lowest BCUT2D eigenvalue weighted by molar-refractivity contribution is -0.139. The topological polar surface area (TPSA) is 49.3 Å². The Labute approximate surface area is 109 Å². The molecule has 0 saturated heterocycles. The van der Waals surface area contributed by atoms with Gasteiger partial charge in [0.1, 0.15) is 6.04 Å². The maximum absolute atomic E-state index is 11.5. The van der Waals surface area contributed by atoms with E-state index < -0.39 is 12.0 Å². The van der Waals surface area contributed by atoms with Gasteiger partial charge < -0.3 is 5.11 Å². The van der Waals surface area contributed by atoms with Gasteiger partial charge in [0, 0.05) is 6.04 Å². The monoisotopic (exact) mass is 249 g/mol. The molecule has 2 atom stereocenters. The van der Waals surface area contributed by atoms with Gasteiger partial charge in [-0.1, -0.05) is 24.6 Å². The standard InChI is InChI=1S/C15H23NO2/c1-6-12(5)16-14(15(17)18)13-10(3)7-9(2)8-11(13)4/h7-8,12,14,16H,6H2,1-5H3,(H,17,18). The predicted octanol–water partition coefficient (Wildman–Crippen LogP) is 3.13. The van der Waals surface area contributed by atoms with Crippen LogP contribution in [0.1, 0.15) is 48.6 Å². The predicted molar refractivity (Wildman–Crippen MR) is 73.9 cm³/mol. The van der Waals surface area contributed by atoms with Crippen LogP contribution in [-0.4, -0.2) is 17.1 Å². The molecular weight excluding hydrogens is 226 g/mol. The van der Waals surface area contributed by atoms with E-state index in [9.17, 15) is 9.90 Å². The van der Waals surface area contributed by atoms with Crippen molar-refractivity contribution in [3.05, 3.63) is 34.4 Å². The molecule has 2 unspecified atom stereocenters. The molecule has 0 aliphatic rings. The van der Waals surface area contributed by atoms with Crippen molar-refractivity contribution in [2.45, 2.75) is 53.1 Å². The summed E-state index contributed by atoms with van der Waals surface area (Å²) in [5.41, 5.74) is 4.14. The molecule has 0 fully saturated rings. The first kappa shape index (κ1) is 14.7. The third-order valence-electron chi connectivity index (χ3n) is 3.34. The molecule has 0 radical (unpaired) electrons. The van der Waals surface area contributed by atoms with E-state index in [4.69, 9.17) is 0 Å². The third kappa shape index (κ3) is 3.33. The number of aryl methyl sites for hydroxylation is 3. The number of aliphatic carboxylic acids is 1. The molecule has 0 saturated carbocycles. The Kier molecular flexibility index (Phi) is 4.91. The normalized spacial score (nSPS) is 14.3. The maximum atomic E-state index is 11.5. The number of carboxylic acids is 1. The molecular formula is C15H23NO2. The van der Waals surface area contributed by atoms with E-state index in [1.807, 2.05) is 46.8 Å². The summed E-state index contributed by atoms with van der Waals surface area (Å²) in [6.07, 6.45) is 0.910. The van der Waals surface area contributed by atoms with Crippen molar-refractivity contribution in [3.8, 4) is 0 Å². The molecule has 1 aromatic carbocycles. The zero-order chi connectivity index (χ0) is 13.9. The van der Waals surface area contributed by atoms with Crippen molar-refractivity contribution < 1.29 is 9.90 Å². The fraction of sp³-hybridized carbons (Fsp3) is 0.533. The van der Waals surface area contributed by atoms with Crippen LogP contribution in [0.4, 0.5) is 0 Å². The van der Waals surface area contributed by atoms with Gasteiger partial charge in [-0.2, -0.15) is 0 Å².